The zero-order chi connectivity index (χ0) is 11.7. The molecule has 0 saturated heterocycles. The van der Waals surface area contributed by atoms with E-state index in [0.29, 0.717) is 0 Å². The van der Waals surface area contributed by atoms with Gasteiger partial charge in [-0.15, -0.1) is 0 Å². The first-order chi connectivity index (χ1) is 6.91. The molecular weight excluding hydrogens is 219 g/mol. The van der Waals surface area contributed by atoms with Crippen LogP contribution in [0.3, 0.4) is 0 Å². The maximum Gasteiger partial charge on any atom is 0.200 e. The van der Waals surface area contributed by atoms with Gasteiger partial charge in [0.15, 0.2) is 23.3 Å². The summed E-state index contributed by atoms with van der Waals surface area (Å²) < 4.78 is 68.1. The van der Waals surface area contributed by atoms with Crippen molar-refractivity contribution in [3.63, 3.8) is 0 Å². The molecule has 1 aromatic rings. The molecule has 0 saturated carbocycles. The van der Waals surface area contributed by atoms with E-state index in [1.54, 1.807) is 0 Å². The molecule has 0 N–H and O–H groups in total. The molecule has 0 unspecified atom stereocenters. The monoisotopic (exact) mass is 224 g/mol. The third-order valence-electron chi connectivity index (χ3n) is 1.74. The summed E-state index contributed by atoms with van der Waals surface area (Å²) in [7, 11) is 1.00. The third-order valence-corrected chi connectivity index (χ3v) is 1.74. The SMILES string of the molecule is C=C(OC)c1c(F)c(F)c(F)c(F)c1F. The van der Waals surface area contributed by atoms with Gasteiger partial charge in [0.1, 0.15) is 5.76 Å². The van der Waals surface area contributed by atoms with E-state index in [9.17, 15) is 22.0 Å². The van der Waals surface area contributed by atoms with E-state index in [1.807, 2.05) is 0 Å². The third kappa shape index (κ3) is 1.67. The van der Waals surface area contributed by atoms with Crippen molar-refractivity contribution in [3.05, 3.63) is 41.2 Å². The molecule has 1 aromatic carbocycles. The Bertz CT molecular complexity index is 398. The fourth-order valence-corrected chi connectivity index (χ4v) is 0.952. The molecule has 1 nitrogen and oxygen atoms in total. The van der Waals surface area contributed by atoms with Crippen LogP contribution in [0.15, 0.2) is 6.58 Å². The number of methoxy groups -OCH3 is 1. The van der Waals surface area contributed by atoms with Crippen LogP contribution in [0.1, 0.15) is 5.56 Å². The van der Waals surface area contributed by atoms with Gasteiger partial charge in [0.25, 0.3) is 0 Å². The minimum absolute atomic E-state index is 0.636. The second-order valence-corrected chi connectivity index (χ2v) is 2.57. The van der Waals surface area contributed by atoms with E-state index >= 15 is 0 Å². The highest BCUT2D eigenvalue weighted by Crippen LogP contribution is 2.27. The zero-order valence-corrected chi connectivity index (χ0v) is 7.51. The van der Waals surface area contributed by atoms with Crippen LogP contribution in [0.2, 0.25) is 0 Å². The van der Waals surface area contributed by atoms with Gasteiger partial charge in [-0.25, -0.2) is 22.0 Å². The molecular formula is C9H5F5O. The van der Waals surface area contributed by atoms with Crippen molar-refractivity contribution in [1.29, 1.82) is 0 Å². The van der Waals surface area contributed by atoms with Crippen LogP contribution < -0.4 is 0 Å². The highest BCUT2D eigenvalue weighted by atomic mass is 19.2. The lowest BCUT2D eigenvalue weighted by Crippen LogP contribution is -2.06. The number of halogens is 5. The quantitative estimate of drug-likeness (QED) is 0.325. The molecule has 0 spiro atoms. The molecule has 6 heteroatoms. The van der Waals surface area contributed by atoms with E-state index in [4.69, 9.17) is 0 Å². The first-order valence-corrected chi connectivity index (χ1v) is 3.66. The van der Waals surface area contributed by atoms with Crippen molar-refractivity contribution in [2.75, 3.05) is 7.11 Å². The number of hydrogen-bond donors (Lipinski definition) is 0. The minimum Gasteiger partial charge on any atom is -0.497 e. The standard InChI is InChI=1S/C9H5F5O/c1-3(15-2)4-5(10)7(12)9(14)8(13)6(4)11/h1H2,2H3. The van der Waals surface area contributed by atoms with Gasteiger partial charge >= 0.3 is 0 Å². The summed E-state index contributed by atoms with van der Waals surface area (Å²) in [6.45, 7) is 3.02. The Morgan fingerprint density at radius 1 is 0.867 bits per heavy atom. The van der Waals surface area contributed by atoms with E-state index in [0.717, 1.165) is 7.11 Å². The summed E-state index contributed by atoms with van der Waals surface area (Å²) >= 11 is 0. The molecule has 0 radical (unpaired) electrons. The van der Waals surface area contributed by atoms with Gasteiger partial charge in [0, 0.05) is 0 Å². The smallest absolute Gasteiger partial charge is 0.200 e. The first kappa shape index (κ1) is 11.5. The molecule has 0 bridgehead atoms. The van der Waals surface area contributed by atoms with Crippen molar-refractivity contribution in [1.82, 2.24) is 0 Å². The van der Waals surface area contributed by atoms with Crippen molar-refractivity contribution in [3.8, 4) is 0 Å². The summed E-state index contributed by atoms with van der Waals surface area (Å²) in [5, 5.41) is 0. The minimum atomic E-state index is -2.21. The zero-order valence-electron chi connectivity index (χ0n) is 7.51. The van der Waals surface area contributed by atoms with Crippen molar-refractivity contribution in [2.24, 2.45) is 0 Å². The molecule has 0 aliphatic rings. The maximum atomic E-state index is 13.0. The summed E-state index contributed by atoms with van der Waals surface area (Å²) in [4.78, 5) is 0. The van der Waals surface area contributed by atoms with Gasteiger partial charge in [0.05, 0.1) is 12.7 Å². The van der Waals surface area contributed by atoms with E-state index in [-0.39, 0.29) is 0 Å². The second kappa shape index (κ2) is 3.88. The number of rotatable bonds is 2. The molecule has 0 atom stereocenters. The lowest BCUT2D eigenvalue weighted by atomic mass is 10.1. The summed E-state index contributed by atoms with van der Waals surface area (Å²) in [6, 6.07) is 0. The van der Waals surface area contributed by atoms with Gasteiger partial charge in [0.2, 0.25) is 5.82 Å². The molecule has 15 heavy (non-hydrogen) atoms. The average Bonchev–Trinajstić information content (AvgIpc) is 2.23. The van der Waals surface area contributed by atoms with Crippen LogP contribution in [-0.4, -0.2) is 7.11 Å². The topological polar surface area (TPSA) is 9.23 Å². The van der Waals surface area contributed by atoms with Crippen LogP contribution in [0.4, 0.5) is 22.0 Å². The van der Waals surface area contributed by atoms with Gasteiger partial charge in [-0.1, -0.05) is 6.58 Å². The van der Waals surface area contributed by atoms with E-state index < -0.39 is 40.4 Å². The highest BCUT2D eigenvalue weighted by molar-refractivity contribution is 5.59. The molecule has 0 heterocycles. The molecule has 0 aliphatic heterocycles. The Labute approximate surface area is 81.8 Å². The van der Waals surface area contributed by atoms with E-state index in [1.165, 1.54) is 0 Å². The predicted octanol–water partition coefficient (Wildman–Crippen LogP) is 3.00. The van der Waals surface area contributed by atoms with Crippen LogP contribution in [-0.2, 0) is 4.74 Å². The van der Waals surface area contributed by atoms with Gasteiger partial charge < -0.3 is 4.74 Å². The van der Waals surface area contributed by atoms with Crippen molar-refractivity contribution < 1.29 is 26.7 Å². The van der Waals surface area contributed by atoms with Crippen LogP contribution in [0.25, 0.3) is 5.76 Å². The number of ether oxygens (including phenoxy) is 1. The largest absolute Gasteiger partial charge is 0.497 e. The molecule has 0 amide bonds. The average molecular weight is 224 g/mol. The fourth-order valence-electron chi connectivity index (χ4n) is 0.952. The van der Waals surface area contributed by atoms with Crippen LogP contribution in [0.5, 0.6) is 0 Å². The van der Waals surface area contributed by atoms with Crippen LogP contribution in [0, 0.1) is 29.1 Å². The normalized spacial score (nSPS) is 10.3. The molecule has 0 aromatic heterocycles. The molecule has 0 aliphatic carbocycles. The van der Waals surface area contributed by atoms with Crippen LogP contribution >= 0.6 is 0 Å². The predicted molar refractivity (Wildman–Crippen MR) is 42.3 cm³/mol. The Morgan fingerprint density at radius 3 is 1.53 bits per heavy atom. The summed E-state index contributed by atoms with van der Waals surface area (Å²) in [6.07, 6.45) is 0. The molecule has 1 rings (SSSR count). The van der Waals surface area contributed by atoms with Gasteiger partial charge in [-0.2, -0.15) is 0 Å². The lowest BCUT2D eigenvalue weighted by molar-refractivity contribution is 0.345. The maximum absolute atomic E-state index is 13.0. The Kier molecular flexibility index (Phi) is 2.97. The lowest BCUT2D eigenvalue weighted by Gasteiger charge is -2.09. The van der Waals surface area contributed by atoms with Gasteiger partial charge in [-0.05, 0) is 0 Å². The van der Waals surface area contributed by atoms with Gasteiger partial charge in [-0.3, -0.25) is 0 Å². The number of hydrogen-bond acceptors (Lipinski definition) is 1. The highest BCUT2D eigenvalue weighted by Gasteiger charge is 2.27. The molecule has 0 fully saturated rings. The fraction of sp³-hybridized carbons (Fsp3) is 0.111. The Hall–Kier alpha value is -1.59. The first-order valence-electron chi connectivity index (χ1n) is 3.66. The Morgan fingerprint density at radius 2 is 1.20 bits per heavy atom. The van der Waals surface area contributed by atoms with Crippen molar-refractivity contribution >= 4 is 5.76 Å². The summed E-state index contributed by atoms with van der Waals surface area (Å²) in [5.41, 5.74) is -1.16. The second-order valence-electron chi connectivity index (χ2n) is 2.57. The van der Waals surface area contributed by atoms with E-state index in [2.05, 4.69) is 11.3 Å². The number of benzene rings is 1. The molecule has 82 valence electrons. The summed E-state index contributed by atoms with van der Waals surface area (Å²) in [5.74, 6) is -10.8. The van der Waals surface area contributed by atoms with Crippen molar-refractivity contribution in [2.45, 2.75) is 0 Å². The Balaban J connectivity index is 3.60.